The molecule has 2 atom stereocenters. The van der Waals surface area contributed by atoms with Crippen molar-refractivity contribution in [3.8, 4) is 0 Å². The minimum Gasteiger partial charge on any atom is -0.444 e. The topological polar surface area (TPSA) is 102 Å². The highest BCUT2D eigenvalue weighted by atomic mass is 32.2. The average Bonchev–Trinajstić information content (AvgIpc) is 3.18. The number of fused-ring (bicyclic) bond motifs is 1. The zero-order valence-electron chi connectivity index (χ0n) is 18.6. The van der Waals surface area contributed by atoms with Gasteiger partial charge in [0.15, 0.2) is 10.9 Å². The molecule has 0 spiro atoms. The number of carbonyl (C=O) groups excluding carboxylic acids is 2. The van der Waals surface area contributed by atoms with Gasteiger partial charge in [0.1, 0.15) is 17.1 Å². The number of amides is 2. The number of hydrogen-bond acceptors (Lipinski definition) is 7. The molecule has 33 heavy (non-hydrogen) atoms. The fraction of sp³-hybridized carbons (Fsp3) is 0.391. The Morgan fingerprint density at radius 1 is 1.24 bits per heavy atom. The molecule has 0 bridgehead atoms. The SMILES string of the molecule is CC(C)(C)OC(=O)NC1=NC2(c3cc(NC(=O)c4ccccn4)ccc3F)OCCC2CS1. The number of halogens is 1. The molecule has 1 aromatic carbocycles. The van der Waals surface area contributed by atoms with Crippen molar-refractivity contribution in [1.82, 2.24) is 10.3 Å². The second kappa shape index (κ2) is 9.11. The molecule has 10 heteroatoms. The Morgan fingerprint density at radius 3 is 2.79 bits per heavy atom. The minimum atomic E-state index is -1.30. The summed E-state index contributed by atoms with van der Waals surface area (Å²) in [5.41, 5.74) is -1.13. The lowest BCUT2D eigenvalue weighted by Gasteiger charge is -2.35. The van der Waals surface area contributed by atoms with Crippen LogP contribution in [-0.4, -0.2) is 40.1 Å². The number of thioether (sulfide) groups is 1. The van der Waals surface area contributed by atoms with Gasteiger partial charge in [0, 0.05) is 29.1 Å². The number of benzene rings is 1. The van der Waals surface area contributed by atoms with Gasteiger partial charge in [-0.15, -0.1) is 0 Å². The van der Waals surface area contributed by atoms with E-state index in [1.807, 2.05) is 0 Å². The lowest BCUT2D eigenvalue weighted by molar-refractivity contribution is -0.0173. The van der Waals surface area contributed by atoms with Gasteiger partial charge in [-0.2, -0.15) is 0 Å². The molecule has 0 aliphatic carbocycles. The first-order chi connectivity index (χ1) is 15.7. The maximum atomic E-state index is 15.1. The van der Waals surface area contributed by atoms with Crippen LogP contribution < -0.4 is 10.6 Å². The van der Waals surface area contributed by atoms with E-state index in [-0.39, 0.29) is 17.2 Å². The van der Waals surface area contributed by atoms with Crippen molar-refractivity contribution in [2.24, 2.45) is 10.9 Å². The first-order valence-electron chi connectivity index (χ1n) is 10.6. The minimum absolute atomic E-state index is 0.0945. The van der Waals surface area contributed by atoms with Gasteiger partial charge in [0.25, 0.3) is 5.91 Å². The number of hydrogen-bond donors (Lipinski definition) is 2. The summed E-state index contributed by atoms with van der Waals surface area (Å²) in [6.45, 7) is 5.69. The van der Waals surface area contributed by atoms with Crippen LogP contribution >= 0.6 is 11.8 Å². The van der Waals surface area contributed by atoms with Gasteiger partial charge < -0.3 is 14.8 Å². The monoisotopic (exact) mass is 472 g/mol. The van der Waals surface area contributed by atoms with E-state index in [2.05, 4.69) is 20.6 Å². The lowest BCUT2D eigenvalue weighted by atomic mass is 9.89. The first kappa shape index (κ1) is 23.2. The number of ether oxygens (including phenoxy) is 2. The second-order valence-corrected chi connectivity index (χ2v) is 9.76. The standard InChI is InChI=1S/C23H25FN4O4S/c1-22(2,3)32-21(30)27-20-28-23(14(13-33-20)9-11-31-23)16-12-15(7-8-17(16)24)26-19(29)18-6-4-5-10-25-18/h4-8,10,12,14H,9,11,13H2,1-3H3,(H,26,29)(H,27,28,30). The van der Waals surface area contributed by atoms with Crippen LogP contribution in [0.25, 0.3) is 0 Å². The van der Waals surface area contributed by atoms with Crippen molar-refractivity contribution in [2.45, 2.75) is 38.5 Å². The van der Waals surface area contributed by atoms with Gasteiger partial charge in [-0.1, -0.05) is 17.8 Å². The number of aliphatic imine (C=N–C) groups is 1. The lowest BCUT2D eigenvalue weighted by Crippen LogP contribution is -2.42. The van der Waals surface area contributed by atoms with Crippen LogP contribution in [0, 0.1) is 11.7 Å². The van der Waals surface area contributed by atoms with Crippen LogP contribution in [0.5, 0.6) is 0 Å². The van der Waals surface area contributed by atoms with Crippen LogP contribution in [0.2, 0.25) is 0 Å². The Labute approximate surface area is 195 Å². The number of rotatable bonds is 3. The molecule has 2 N–H and O–H groups in total. The molecule has 1 aromatic heterocycles. The molecule has 2 unspecified atom stereocenters. The Bertz CT molecular complexity index is 1090. The third-order valence-corrected chi connectivity index (χ3v) is 6.18. The number of nitrogens with zero attached hydrogens (tertiary/aromatic N) is 2. The molecule has 2 aromatic rings. The molecular weight excluding hydrogens is 447 g/mol. The van der Waals surface area contributed by atoms with Crippen molar-refractivity contribution < 1.29 is 23.5 Å². The summed E-state index contributed by atoms with van der Waals surface area (Å²) in [5.74, 6) is -0.434. The van der Waals surface area contributed by atoms with Gasteiger partial charge in [0.2, 0.25) is 0 Å². The molecule has 0 radical (unpaired) electrons. The summed E-state index contributed by atoms with van der Waals surface area (Å²) in [6.07, 6.45) is 1.58. The van der Waals surface area contributed by atoms with E-state index < -0.39 is 29.1 Å². The van der Waals surface area contributed by atoms with Crippen molar-refractivity contribution in [3.05, 3.63) is 59.7 Å². The van der Waals surface area contributed by atoms with Crippen LogP contribution in [0.3, 0.4) is 0 Å². The molecule has 2 aliphatic rings. The third kappa shape index (κ3) is 5.17. The van der Waals surface area contributed by atoms with Gasteiger partial charge in [0.05, 0.1) is 6.61 Å². The molecule has 1 saturated heterocycles. The van der Waals surface area contributed by atoms with Crippen molar-refractivity contribution >= 4 is 34.6 Å². The summed E-state index contributed by atoms with van der Waals surface area (Å²) in [7, 11) is 0. The van der Waals surface area contributed by atoms with Gasteiger partial charge in [-0.3, -0.25) is 15.1 Å². The predicted octanol–water partition coefficient (Wildman–Crippen LogP) is 4.29. The number of nitrogens with one attached hydrogen (secondary N) is 2. The van der Waals surface area contributed by atoms with Gasteiger partial charge in [-0.25, -0.2) is 14.2 Å². The molecule has 2 amide bonds. The van der Waals surface area contributed by atoms with Crippen LogP contribution in [-0.2, 0) is 15.2 Å². The molecular formula is C23H25FN4O4S. The summed E-state index contributed by atoms with van der Waals surface area (Å²) in [4.78, 5) is 33.4. The third-order valence-electron chi connectivity index (χ3n) is 5.15. The summed E-state index contributed by atoms with van der Waals surface area (Å²) in [5, 5.41) is 5.68. The second-order valence-electron chi connectivity index (χ2n) is 8.75. The van der Waals surface area contributed by atoms with E-state index >= 15 is 4.39 Å². The fourth-order valence-electron chi connectivity index (χ4n) is 3.74. The number of aromatic nitrogens is 1. The Hall–Kier alpha value is -2.98. The molecule has 174 valence electrons. The summed E-state index contributed by atoms with van der Waals surface area (Å²) < 4.78 is 26.4. The smallest absolute Gasteiger partial charge is 0.413 e. The van der Waals surface area contributed by atoms with Crippen molar-refractivity contribution in [1.29, 1.82) is 0 Å². The molecule has 4 rings (SSSR count). The maximum Gasteiger partial charge on any atom is 0.413 e. The largest absolute Gasteiger partial charge is 0.444 e. The molecule has 0 saturated carbocycles. The maximum absolute atomic E-state index is 15.1. The number of carbonyl (C=O) groups is 2. The summed E-state index contributed by atoms with van der Waals surface area (Å²) >= 11 is 1.36. The zero-order chi connectivity index (χ0) is 23.6. The highest BCUT2D eigenvalue weighted by Gasteiger charge is 2.50. The Kier molecular flexibility index (Phi) is 6.40. The molecule has 2 aliphatic heterocycles. The van der Waals surface area contributed by atoms with Crippen molar-refractivity contribution in [2.75, 3.05) is 17.7 Å². The highest BCUT2D eigenvalue weighted by molar-refractivity contribution is 8.13. The fourth-order valence-corrected chi connectivity index (χ4v) is 4.84. The number of alkyl carbamates (subject to hydrolysis) is 1. The van der Waals surface area contributed by atoms with Crippen LogP contribution in [0.4, 0.5) is 14.9 Å². The zero-order valence-corrected chi connectivity index (χ0v) is 19.4. The van der Waals surface area contributed by atoms with E-state index in [9.17, 15) is 9.59 Å². The summed E-state index contributed by atoms with van der Waals surface area (Å²) in [6, 6.07) is 9.29. The van der Waals surface area contributed by atoms with Crippen LogP contribution in [0.1, 0.15) is 43.2 Å². The van der Waals surface area contributed by atoms with Crippen LogP contribution in [0.15, 0.2) is 47.6 Å². The Balaban J connectivity index is 1.63. The average molecular weight is 473 g/mol. The van der Waals surface area contributed by atoms with E-state index in [0.717, 1.165) is 0 Å². The van der Waals surface area contributed by atoms with Gasteiger partial charge >= 0.3 is 6.09 Å². The van der Waals surface area contributed by atoms with Crippen molar-refractivity contribution in [3.63, 3.8) is 0 Å². The normalized spacial score (nSPS) is 22.2. The number of amidine groups is 1. The Morgan fingerprint density at radius 2 is 2.06 bits per heavy atom. The number of pyridine rings is 1. The quantitative estimate of drug-likeness (QED) is 0.691. The molecule has 8 nitrogen and oxygen atoms in total. The number of anilines is 1. The molecule has 3 heterocycles. The van der Waals surface area contributed by atoms with Gasteiger partial charge in [-0.05, 0) is 57.5 Å². The predicted molar refractivity (Wildman–Crippen MR) is 124 cm³/mol. The van der Waals surface area contributed by atoms with E-state index in [4.69, 9.17) is 9.47 Å². The highest BCUT2D eigenvalue weighted by Crippen LogP contribution is 2.48. The van der Waals surface area contributed by atoms with E-state index in [1.165, 1.54) is 36.2 Å². The van der Waals surface area contributed by atoms with E-state index in [0.29, 0.717) is 29.6 Å². The first-order valence-corrected chi connectivity index (χ1v) is 11.5. The van der Waals surface area contributed by atoms with E-state index in [1.54, 1.807) is 39.0 Å². The molecule has 1 fully saturated rings.